The van der Waals surface area contributed by atoms with Gasteiger partial charge in [0.15, 0.2) is 0 Å². The molecule has 1 amide bonds. The molecule has 3 rings (SSSR count). The zero-order chi connectivity index (χ0) is 19.1. The lowest BCUT2D eigenvalue weighted by Gasteiger charge is -2.21. The van der Waals surface area contributed by atoms with Crippen molar-refractivity contribution in [3.05, 3.63) is 22.2 Å². The van der Waals surface area contributed by atoms with E-state index in [2.05, 4.69) is 15.5 Å². The van der Waals surface area contributed by atoms with E-state index in [9.17, 15) is 9.59 Å². The molecule has 0 aromatic carbocycles. The summed E-state index contributed by atoms with van der Waals surface area (Å²) >= 11 is 0. The fourth-order valence-corrected chi connectivity index (χ4v) is 3.61. The van der Waals surface area contributed by atoms with Gasteiger partial charge in [-0.05, 0) is 39.5 Å². The number of fused-ring (bicyclic) bond motifs is 1. The van der Waals surface area contributed by atoms with Crippen LogP contribution in [0.1, 0.15) is 71.9 Å². The van der Waals surface area contributed by atoms with Crippen molar-refractivity contribution in [3.8, 4) is 0 Å². The van der Waals surface area contributed by atoms with Gasteiger partial charge in [0, 0.05) is 11.4 Å². The highest BCUT2D eigenvalue weighted by atomic mass is 16.2. The minimum absolute atomic E-state index is 0.0552. The molecule has 7 nitrogen and oxygen atoms in total. The fraction of sp³-hybridized carbons (Fsp3) is 0.684. The summed E-state index contributed by atoms with van der Waals surface area (Å²) in [4.78, 5) is 25.5. The number of carbonyl (C=O) groups is 1. The van der Waals surface area contributed by atoms with Crippen molar-refractivity contribution in [3.63, 3.8) is 0 Å². The van der Waals surface area contributed by atoms with Crippen molar-refractivity contribution in [1.29, 1.82) is 0 Å². The molecule has 2 aromatic rings. The molecular formula is C19H29N5O2. The lowest BCUT2D eigenvalue weighted by molar-refractivity contribution is -0.122. The summed E-state index contributed by atoms with van der Waals surface area (Å²) in [6.45, 7) is 10.0. The number of aromatic nitrogens is 4. The third-order valence-electron chi connectivity index (χ3n) is 4.91. The molecule has 0 atom stereocenters. The summed E-state index contributed by atoms with van der Waals surface area (Å²) in [6, 6.07) is 0.228. The van der Waals surface area contributed by atoms with Crippen LogP contribution in [0.4, 0.5) is 0 Å². The quantitative estimate of drug-likeness (QED) is 0.909. The van der Waals surface area contributed by atoms with Gasteiger partial charge in [0.25, 0.3) is 5.56 Å². The van der Waals surface area contributed by atoms with Crippen LogP contribution in [0, 0.1) is 0 Å². The van der Waals surface area contributed by atoms with E-state index in [-0.39, 0.29) is 35.5 Å². The molecule has 7 heteroatoms. The summed E-state index contributed by atoms with van der Waals surface area (Å²) in [5.41, 5.74) is 0.715. The molecule has 2 heterocycles. The maximum atomic E-state index is 13.1. The van der Waals surface area contributed by atoms with Gasteiger partial charge in [-0.2, -0.15) is 10.2 Å². The Hall–Kier alpha value is -2.18. The minimum atomic E-state index is -0.333. The van der Waals surface area contributed by atoms with E-state index >= 15 is 0 Å². The van der Waals surface area contributed by atoms with Crippen LogP contribution in [0.5, 0.6) is 0 Å². The number of hydrogen-bond acceptors (Lipinski definition) is 4. The fourth-order valence-electron chi connectivity index (χ4n) is 3.61. The van der Waals surface area contributed by atoms with E-state index in [1.807, 2.05) is 34.6 Å². The lowest BCUT2D eigenvalue weighted by Crippen LogP contribution is -2.39. The van der Waals surface area contributed by atoms with E-state index < -0.39 is 0 Å². The number of carbonyl (C=O) groups excluding carboxylic acids is 1. The van der Waals surface area contributed by atoms with Crippen molar-refractivity contribution in [2.45, 2.75) is 84.3 Å². The molecule has 2 aromatic heterocycles. The van der Waals surface area contributed by atoms with Crippen LogP contribution in [-0.2, 0) is 16.9 Å². The SMILES string of the molecule is CC(C)c1nn(CC(=O)NC2CCCC2)c(=O)c2c1cnn2C(C)(C)C. The van der Waals surface area contributed by atoms with E-state index in [0.29, 0.717) is 5.52 Å². The molecule has 0 bridgehead atoms. The summed E-state index contributed by atoms with van der Waals surface area (Å²) in [7, 11) is 0. The van der Waals surface area contributed by atoms with Crippen LogP contribution in [0.3, 0.4) is 0 Å². The molecule has 0 unspecified atom stereocenters. The van der Waals surface area contributed by atoms with Gasteiger partial charge in [-0.15, -0.1) is 0 Å². The Balaban J connectivity index is 2.03. The Morgan fingerprint density at radius 2 is 1.96 bits per heavy atom. The first kappa shape index (κ1) is 18.6. The Kier molecular flexibility index (Phi) is 4.90. The first-order valence-corrected chi connectivity index (χ1v) is 9.47. The Labute approximate surface area is 153 Å². The number of nitrogens with zero attached hydrogens (tertiary/aromatic N) is 4. The Bertz CT molecular complexity index is 866. The molecule has 1 aliphatic carbocycles. The van der Waals surface area contributed by atoms with Gasteiger partial charge in [-0.1, -0.05) is 26.7 Å². The maximum absolute atomic E-state index is 13.1. The summed E-state index contributed by atoms with van der Waals surface area (Å²) in [6.07, 6.45) is 6.05. The first-order valence-electron chi connectivity index (χ1n) is 9.47. The largest absolute Gasteiger partial charge is 0.352 e. The van der Waals surface area contributed by atoms with E-state index in [1.54, 1.807) is 10.9 Å². The average molecular weight is 359 g/mol. The summed E-state index contributed by atoms with van der Waals surface area (Å²) in [5, 5.41) is 12.7. The molecule has 1 aliphatic rings. The predicted molar refractivity (Wildman–Crippen MR) is 101 cm³/mol. The second-order valence-electron chi connectivity index (χ2n) is 8.54. The molecule has 1 saturated carbocycles. The number of nitrogens with one attached hydrogen (secondary N) is 1. The van der Waals surface area contributed by atoms with Gasteiger partial charge >= 0.3 is 0 Å². The number of hydrogen-bond donors (Lipinski definition) is 1. The van der Waals surface area contributed by atoms with Gasteiger partial charge in [0.2, 0.25) is 5.91 Å². The minimum Gasteiger partial charge on any atom is -0.352 e. The molecule has 142 valence electrons. The molecule has 0 aliphatic heterocycles. The molecule has 1 N–H and O–H groups in total. The highest BCUT2D eigenvalue weighted by Crippen LogP contribution is 2.24. The molecule has 0 spiro atoms. The third kappa shape index (κ3) is 3.52. The van der Waals surface area contributed by atoms with Crippen molar-refractivity contribution in [2.75, 3.05) is 0 Å². The van der Waals surface area contributed by atoms with E-state index in [0.717, 1.165) is 36.8 Å². The molecule has 1 fully saturated rings. The highest BCUT2D eigenvalue weighted by Gasteiger charge is 2.25. The second kappa shape index (κ2) is 6.85. The van der Waals surface area contributed by atoms with Crippen LogP contribution in [0.2, 0.25) is 0 Å². The zero-order valence-electron chi connectivity index (χ0n) is 16.4. The van der Waals surface area contributed by atoms with E-state index in [1.165, 1.54) is 4.68 Å². The highest BCUT2D eigenvalue weighted by molar-refractivity contribution is 5.81. The molecule has 26 heavy (non-hydrogen) atoms. The van der Waals surface area contributed by atoms with Crippen molar-refractivity contribution in [2.24, 2.45) is 0 Å². The standard InChI is InChI=1S/C19H29N5O2/c1-12(2)16-14-10-20-24(19(3,4)5)17(14)18(26)23(22-16)11-15(25)21-13-8-6-7-9-13/h10,12-13H,6-9,11H2,1-5H3,(H,21,25). The van der Waals surface area contributed by atoms with Gasteiger partial charge in [-0.25, -0.2) is 4.68 Å². The van der Waals surface area contributed by atoms with Crippen LogP contribution in [0.25, 0.3) is 10.9 Å². The van der Waals surface area contributed by atoms with Crippen LogP contribution in [0.15, 0.2) is 11.0 Å². The van der Waals surface area contributed by atoms with E-state index in [4.69, 9.17) is 0 Å². The van der Waals surface area contributed by atoms with Crippen LogP contribution < -0.4 is 10.9 Å². The normalized spacial score (nSPS) is 15.9. The van der Waals surface area contributed by atoms with Gasteiger partial charge < -0.3 is 5.32 Å². The van der Waals surface area contributed by atoms with Crippen molar-refractivity contribution in [1.82, 2.24) is 24.9 Å². The van der Waals surface area contributed by atoms with Crippen molar-refractivity contribution < 1.29 is 4.79 Å². The maximum Gasteiger partial charge on any atom is 0.293 e. The van der Waals surface area contributed by atoms with Gasteiger partial charge in [-0.3, -0.25) is 14.3 Å². The molecule has 0 saturated heterocycles. The number of rotatable bonds is 4. The van der Waals surface area contributed by atoms with Crippen LogP contribution >= 0.6 is 0 Å². The molecule has 0 radical (unpaired) electrons. The predicted octanol–water partition coefficient (Wildman–Crippen LogP) is 2.53. The third-order valence-corrected chi connectivity index (χ3v) is 4.91. The zero-order valence-corrected chi connectivity index (χ0v) is 16.4. The first-order chi connectivity index (χ1) is 12.2. The number of amides is 1. The topological polar surface area (TPSA) is 81.8 Å². The lowest BCUT2D eigenvalue weighted by atomic mass is 10.1. The van der Waals surface area contributed by atoms with Gasteiger partial charge in [0.1, 0.15) is 12.1 Å². The monoisotopic (exact) mass is 359 g/mol. The average Bonchev–Trinajstić information content (AvgIpc) is 3.18. The smallest absolute Gasteiger partial charge is 0.293 e. The summed E-state index contributed by atoms with van der Waals surface area (Å²) in [5.74, 6) is -0.0257. The molecular weight excluding hydrogens is 330 g/mol. The van der Waals surface area contributed by atoms with Crippen LogP contribution in [-0.4, -0.2) is 31.5 Å². The van der Waals surface area contributed by atoms with Gasteiger partial charge in [0.05, 0.1) is 17.4 Å². The Morgan fingerprint density at radius 3 is 2.54 bits per heavy atom. The van der Waals surface area contributed by atoms with Crippen molar-refractivity contribution >= 4 is 16.8 Å². The second-order valence-corrected chi connectivity index (χ2v) is 8.54. The summed E-state index contributed by atoms with van der Waals surface area (Å²) < 4.78 is 3.04. The Morgan fingerprint density at radius 1 is 1.31 bits per heavy atom.